The van der Waals surface area contributed by atoms with Crippen molar-refractivity contribution in [3.05, 3.63) is 71.8 Å². The number of benzene rings is 2. The summed E-state index contributed by atoms with van der Waals surface area (Å²) in [6.07, 6.45) is 2.12. The molecule has 2 saturated heterocycles. The van der Waals surface area contributed by atoms with Crippen LogP contribution in [0, 0.1) is 0 Å². The molecule has 25 heavy (non-hydrogen) atoms. The smallest absolute Gasteiger partial charge is 0.253 e. The number of nitrogens with zero attached hydrogens (tertiary/aromatic N) is 2. The number of rotatable bonds is 3. The Kier molecular flexibility index (Phi) is 4.82. The van der Waals surface area contributed by atoms with E-state index in [-0.39, 0.29) is 10.8 Å². The Morgan fingerprint density at radius 3 is 2.24 bits per heavy atom. The van der Waals surface area contributed by atoms with E-state index in [0.717, 1.165) is 44.6 Å². The van der Waals surface area contributed by atoms with Gasteiger partial charge in [0.2, 0.25) is 0 Å². The maximum atomic E-state index is 12.7. The van der Waals surface area contributed by atoms with Gasteiger partial charge in [-0.1, -0.05) is 48.5 Å². The molecule has 2 aromatic carbocycles. The standard InChI is InChI=1S/C21H24N2OS/c24-20(19-9-5-2-6-10-19)22-13-11-21(12-14-22)23(15-16-25-21)17-18-7-3-1-4-8-18/h1-10H,11-17H2. The molecule has 0 N–H and O–H groups in total. The second-order valence-electron chi connectivity index (χ2n) is 6.86. The zero-order chi connectivity index (χ0) is 17.1. The summed E-state index contributed by atoms with van der Waals surface area (Å²) in [5.74, 6) is 1.37. The van der Waals surface area contributed by atoms with Gasteiger partial charge in [0.15, 0.2) is 0 Å². The zero-order valence-electron chi connectivity index (χ0n) is 14.4. The van der Waals surface area contributed by atoms with Crippen LogP contribution < -0.4 is 0 Å². The van der Waals surface area contributed by atoms with Crippen molar-refractivity contribution in [1.29, 1.82) is 0 Å². The first-order valence-corrected chi connectivity index (χ1v) is 10.0. The van der Waals surface area contributed by atoms with Crippen LogP contribution in [0.3, 0.4) is 0 Å². The van der Waals surface area contributed by atoms with Gasteiger partial charge >= 0.3 is 0 Å². The number of carbonyl (C=O) groups is 1. The van der Waals surface area contributed by atoms with Crippen LogP contribution in [0.25, 0.3) is 0 Å². The van der Waals surface area contributed by atoms with Crippen LogP contribution >= 0.6 is 11.8 Å². The second kappa shape index (κ2) is 7.22. The summed E-state index contributed by atoms with van der Waals surface area (Å²) in [6, 6.07) is 20.4. The fraction of sp³-hybridized carbons (Fsp3) is 0.381. The quantitative estimate of drug-likeness (QED) is 0.838. The summed E-state index contributed by atoms with van der Waals surface area (Å²) in [5, 5.41) is 0. The minimum absolute atomic E-state index is 0.174. The van der Waals surface area contributed by atoms with Crippen LogP contribution in [-0.2, 0) is 6.54 Å². The first-order chi connectivity index (χ1) is 12.3. The van der Waals surface area contributed by atoms with Gasteiger partial charge in [0, 0.05) is 37.5 Å². The molecule has 2 aliphatic heterocycles. The predicted octanol–water partition coefficient (Wildman–Crippen LogP) is 3.87. The van der Waals surface area contributed by atoms with Crippen molar-refractivity contribution in [2.75, 3.05) is 25.4 Å². The van der Waals surface area contributed by atoms with Crippen LogP contribution in [0.15, 0.2) is 60.7 Å². The van der Waals surface area contributed by atoms with Crippen molar-refractivity contribution in [3.63, 3.8) is 0 Å². The fourth-order valence-electron chi connectivity index (χ4n) is 3.95. The number of amides is 1. The Labute approximate surface area is 154 Å². The highest BCUT2D eigenvalue weighted by Crippen LogP contribution is 2.44. The molecule has 0 atom stereocenters. The van der Waals surface area contributed by atoms with Crippen molar-refractivity contribution in [3.8, 4) is 0 Å². The Morgan fingerprint density at radius 1 is 0.920 bits per heavy atom. The Balaban J connectivity index is 1.42. The minimum atomic E-state index is 0.174. The topological polar surface area (TPSA) is 23.6 Å². The SMILES string of the molecule is O=C(c1ccccc1)N1CCC2(CC1)SCCN2Cc1ccccc1. The molecule has 130 valence electrons. The molecule has 1 spiro atoms. The fourth-order valence-corrected chi connectivity index (χ4v) is 5.45. The van der Waals surface area contributed by atoms with E-state index < -0.39 is 0 Å². The lowest BCUT2D eigenvalue weighted by molar-refractivity contribution is 0.0581. The van der Waals surface area contributed by atoms with Gasteiger partial charge in [-0.05, 0) is 30.5 Å². The lowest BCUT2D eigenvalue weighted by atomic mass is 10.0. The van der Waals surface area contributed by atoms with E-state index in [0.29, 0.717) is 0 Å². The molecule has 2 aromatic rings. The van der Waals surface area contributed by atoms with E-state index in [1.807, 2.05) is 35.2 Å². The van der Waals surface area contributed by atoms with Gasteiger partial charge in [-0.3, -0.25) is 9.69 Å². The van der Waals surface area contributed by atoms with Gasteiger partial charge in [-0.15, -0.1) is 11.8 Å². The first kappa shape index (κ1) is 16.7. The van der Waals surface area contributed by atoms with Crippen LogP contribution in [0.2, 0.25) is 0 Å². The molecule has 0 unspecified atom stereocenters. The van der Waals surface area contributed by atoms with E-state index in [1.165, 1.54) is 11.3 Å². The van der Waals surface area contributed by atoms with E-state index in [2.05, 4.69) is 47.0 Å². The molecule has 0 bridgehead atoms. The van der Waals surface area contributed by atoms with Crippen molar-refractivity contribution in [1.82, 2.24) is 9.80 Å². The molecule has 2 fully saturated rings. The molecule has 1 amide bonds. The highest BCUT2D eigenvalue weighted by atomic mass is 32.2. The third kappa shape index (κ3) is 3.46. The molecule has 0 radical (unpaired) electrons. The number of piperidine rings is 1. The lowest BCUT2D eigenvalue weighted by Gasteiger charge is -2.44. The van der Waals surface area contributed by atoms with Crippen LogP contribution in [-0.4, -0.2) is 46.0 Å². The third-order valence-electron chi connectivity index (χ3n) is 5.38. The molecular formula is C21H24N2OS. The molecule has 3 nitrogen and oxygen atoms in total. The lowest BCUT2D eigenvalue weighted by Crippen LogP contribution is -2.51. The van der Waals surface area contributed by atoms with Crippen molar-refractivity contribution in [2.45, 2.75) is 24.3 Å². The Hall–Kier alpha value is -1.78. The molecule has 4 rings (SSSR count). The molecule has 0 saturated carbocycles. The van der Waals surface area contributed by atoms with E-state index in [4.69, 9.17) is 0 Å². The van der Waals surface area contributed by atoms with Crippen molar-refractivity contribution >= 4 is 17.7 Å². The van der Waals surface area contributed by atoms with Gasteiger partial charge in [0.25, 0.3) is 5.91 Å². The summed E-state index contributed by atoms with van der Waals surface area (Å²) in [6.45, 7) is 3.87. The second-order valence-corrected chi connectivity index (χ2v) is 8.32. The Bertz CT molecular complexity index is 711. The van der Waals surface area contributed by atoms with Gasteiger partial charge in [0.05, 0.1) is 4.87 Å². The largest absolute Gasteiger partial charge is 0.338 e. The van der Waals surface area contributed by atoms with Gasteiger partial charge in [-0.2, -0.15) is 0 Å². The van der Waals surface area contributed by atoms with Gasteiger partial charge in [0.1, 0.15) is 0 Å². The minimum Gasteiger partial charge on any atom is -0.338 e. The van der Waals surface area contributed by atoms with Gasteiger partial charge < -0.3 is 4.90 Å². The summed E-state index contributed by atoms with van der Waals surface area (Å²) < 4.78 is 0. The van der Waals surface area contributed by atoms with Crippen LogP contribution in [0.4, 0.5) is 0 Å². The number of likely N-dealkylation sites (tertiary alicyclic amines) is 1. The number of hydrogen-bond donors (Lipinski definition) is 0. The molecule has 0 aliphatic carbocycles. The Morgan fingerprint density at radius 2 is 1.56 bits per heavy atom. The van der Waals surface area contributed by atoms with Crippen LogP contribution in [0.1, 0.15) is 28.8 Å². The maximum absolute atomic E-state index is 12.7. The molecule has 4 heteroatoms. The summed E-state index contributed by atoms with van der Waals surface area (Å²) in [4.78, 5) is 17.6. The summed E-state index contributed by atoms with van der Waals surface area (Å²) in [7, 11) is 0. The third-order valence-corrected chi connectivity index (χ3v) is 6.97. The molecule has 0 aromatic heterocycles. The van der Waals surface area contributed by atoms with E-state index >= 15 is 0 Å². The van der Waals surface area contributed by atoms with E-state index in [1.54, 1.807) is 0 Å². The molecular weight excluding hydrogens is 328 g/mol. The summed E-state index contributed by atoms with van der Waals surface area (Å²) in [5.41, 5.74) is 2.19. The highest BCUT2D eigenvalue weighted by molar-refractivity contribution is 8.00. The number of carbonyl (C=O) groups excluding carboxylic acids is 1. The average molecular weight is 353 g/mol. The number of hydrogen-bond acceptors (Lipinski definition) is 3. The van der Waals surface area contributed by atoms with E-state index in [9.17, 15) is 4.79 Å². The van der Waals surface area contributed by atoms with Crippen molar-refractivity contribution in [2.24, 2.45) is 0 Å². The predicted molar refractivity (Wildman–Crippen MR) is 104 cm³/mol. The van der Waals surface area contributed by atoms with Crippen LogP contribution in [0.5, 0.6) is 0 Å². The van der Waals surface area contributed by atoms with Gasteiger partial charge in [-0.25, -0.2) is 0 Å². The summed E-state index contributed by atoms with van der Waals surface area (Å²) >= 11 is 2.09. The molecule has 2 heterocycles. The highest BCUT2D eigenvalue weighted by Gasteiger charge is 2.44. The maximum Gasteiger partial charge on any atom is 0.253 e. The first-order valence-electron chi connectivity index (χ1n) is 9.04. The van der Waals surface area contributed by atoms with Crippen molar-refractivity contribution < 1.29 is 4.79 Å². The average Bonchev–Trinajstić information content (AvgIpc) is 3.05. The molecule has 2 aliphatic rings. The normalized spacial score (nSPS) is 20.1. The monoisotopic (exact) mass is 352 g/mol. The number of thioether (sulfide) groups is 1. The zero-order valence-corrected chi connectivity index (χ0v) is 15.3.